The minimum Gasteiger partial charge on any atom is -0.495 e. The number of rotatable bonds is 5. The molecular formula is C19H18ClNO6. The van der Waals surface area contributed by atoms with Gasteiger partial charge < -0.3 is 24.3 Å². The predicted octanol–water partition coefficient (Wildman–Crippen LogP) is 3.06. The molecule has 2 atom stereocenters. The third-order valence-corrected chi connectivity index (χ3v) is 4.09. The SMILES string of the molecule is COc1ccc(Cl)cc1NC(=O)[C@H](C)OC(=O)[C@@H]1COc2ccccc2O1. The quantitative estimate of drug-likeness (QED) is 0.789. The average molecular weight is 392 g/mol. The Morgan fingerprint density at radius 3 is 2.70 bits per heavy atom. The lowest BCUT2D eigenvalue weighted by molar-refractivity contribution is -0.162. The summed E-state index contributed by atoms with van der Waals surface area (Å²) in [5, 5.41) is 3.06. The molecule has 7 nitrogen and oxygen atoms in total. The molecule has 1 amide bonds. The van der Waals surface area contributed by atoms with Crippen molar-refractivity contribution in [3.8, 4) is 17.2 Å². The highest BCUT2D eigenvalue weighted by atomic mass is 35.5. The fourth-order valence-electron chi connectivity index (χ4n) is 2.45. The molecule has 27 heavy (non-hydrogen) atoms. The van der Waals surface area contributed by atoms with Gasteiger partial charge in [0, 0.05) is 5.02 Å². The predicted molar refractivity (Wildman–Crippen MR) is 98.5 cm³/mol. The number of hydrogen-bond donors (Lipinski definition) is 1. The van der Waals surface area contributed by atoms with Crippen molar-refractivity contribution >= 4 is 29.2 Å². The van der Waals surface area contributed by atoms with Crippen LogP contribution < -0.4 is 19.5 Å². The first-order valence-corrected chi connectivity index (χ1v) is 8.59. The van der Waals surface area contributed by atoms with Gasteiger partial charge in [0.2, 0.25) is 6.10 Å². The van der Waals surface area contributed by atoms with Gasteiger partial charge in [0.1, 0.15) is 12.4 Å². The van der Waals surface area contributed by atoms with Crippen molar-refractivity contribution in [3.63, 3.8) is 0 Å². The van der Waals surface area contributed by atoms with Crippen LogP contribution in [0.1, 0.15) is 6.92 Å². The number of carbonyl (C=O) groups excluding carboxylic acids is 2. The maximum absolute atomic E-state index is 12.3. The highest BCUT2D eigenvalue weighted by molar-refractivity contribution is 6.31. The zero-order valence-corrected chi connectivity index (χ0v) is 15.5. The zero-order chi connectivity index (χ0) is 19.4. The van der Waals surface area contributed by atoms with Crippen molar-refractivity contribution in [3.05, 3.63) is 47.5 Å². The number of ether oxygens (including phenoxy) is 4. The Kier molecular flexibility index (Phi) is 5.71. The smallest absolute Gasteiger partial charge is 0.351 e. The van der Waals surface area contributed by atoms with Gasteiger partial charge in [-0.1, -0.05) is 23.7 Å². The number of anilines is 1. The average Bonchev–Trinajstić information content (AvgIpc) is 2.67. The highest BCUT2D eigenvalue weighted by Crippen LogP contribution is 2.31. The van der Waals surface area contributed by atoms with E-state index in [2.05, 4.69) is 5.32 Å². The van der Waals surface area contributed by atoms with Gasteiger partial charge in [0.05, 0.1) is 12.8 Å². The normalized spacial score (nSPS) is 16.2. The van der Waals surface area contributed by atoms with Gasteiger partial charge in [-0.3, -0.25) is 4.79 Å². The minimum absolute atomic E-state index is 0.00625. The zero-order valence-electron chi connectivity index (χ0n) is 14.7. The number of hydrogen-bond acceptors (Lipinski definition) is 6. The molecule has 2 aromatic carbocycles. The first-order chi connectivity index (χ1) is 13.0. The summed E-state index contributed by atoms with van der Waals surface area (Å²) >= 11 is 5.94. The standard InChI is InChI=1S/C19H18ClNO6/c1-11(18(22)21-13-9-12(20)7-8-14(13)24-2)26-19(23)17-10-25-15-5-3-4-6-16(15)27-17/h3-9,11,17H,10H2,1-2H3,(H,21,22)/t11-,17-/m0/s1. The third kappa shape index (κ3) is 4.43. The Morgan fingerprint density at radius 2 is 1.96 bits per heavy atom. The van der Waals surface area contributed by atoms with Crippen LogP contribution in [0.4, 0.5) is 5.69 Å². The van der Waals surface area contributed by atoms with Gasteiger partial charge >= 0.3 is 5.97 Å². The Bertz CT molecular complexity index is 856. The number of benzene rings is 2. The van der Waals surface area contributed by atoms with Crippen molar-refractivity contribution in [1.82, 2.24) is 0 Å². The van der Waals surface area contributed by atoms with E-state index in [1.54, 1.807) is 42.5 Å². The van der Waals surface area contributed by atoms with Gasteiger partial charge in [-0.05, 0) is 37.3 Å². The molecule has 0 unspecified atom stereocenters. The van der Waals surface area contributed by atoms with Crippen LogP contribution in [0, 0.1) is 0 Å². The van der Waals surface area contributed by atoms with Crippen LogP contribution in [0.5, 0.6) is 17.2 Å². The highest BCUT2D eigenvalue weighted by Gasteiger charge is 2.31. The van der Waals surface area contributed by atoms with E-state index in [1.165, 1.54) is 14.0 Å². The fraction of sp³-hybridized carbons (Fsp3) is 0.263. The van der Waals surface area contributed by atoms with E-state index in [4.69, 9.17) is 30.5 Å². The summed E-state index contributed by atoms with van der Waals surface area (Å²) in [5.74, 6) is 0.227. The Hall–Kier alpha value is -2.93. The van der Waals surface area contributed by atoms with Crippen molar-refractivity contribution in [2.24, 2.45) is 0 Å². The molecule has 1 N–H and O–H groups in total. The lowest BCUT2D eigenvalue weighted by atomic mass is 10.2. The van der Waals surface area contributed by atoms with E-state index < -0.39 is 24.1 Å². The van der Waals surface area contributed by atoms with Crippen LogP contribution in [0.25, 0.3) is 0 Å². The van der Waals surface area contributed by atoms with E-state index in [1.807, 2.05) is 0 Å². The van der Waals surface area contributed by atoms with Crippen LogP contribution in [0.3, 0.4) is 0 Å². The second-order valence-corrected chi connectivity index (χ2v) is 6.21. The second kappa shape index (κ2) is 8.18. The van der Waals surface area contributed by atoms with Gasteiger partial charge in [-0.2, -0.15) is 0 Å². The lowest BCUT2D eigenvalue weighted by Gasteiger charge is -2.26. The number of methoxy groups -OCH3 is 1. The van der Waals surface area contributed by atoms with Crippen molar-refractivity contribution in [1.29, 1.82) is 0 Å². The van der Waals surface area contributed by atoms with Gasteiger partial charge in [0.25, 0.3) is 5.91 Å². The second-order valence-electron chi connectivity index (χ2n) is 5.78. The van der Waals surface area contributed by atoms with Gasteiger partial charge in [-0.15, -0.1) is 0 Å². The van der Waals surface area contributed by atoms with Crippen LogP contribution in [-0.4, -0.2) is 37.8 Å². The number of nitrogens with one attached hydrogen (secondary N) is 1. The summed E-state index contributed by atoms with van der Waals surface area (Å²) in [6.07, 6.45) is -2.00. The summed E-state index contributed by atoms with van der Waals surface area (Å²) in [5.41, 5.74) is 0.379. The summed E-state index contributed by atoms with van der Waals surface area (Å²) < 4.78 is 21.4. The molecule has 0 fully saturated rings. The van der Waals surface area contributed by atoms with Crippen LogP contribution in [0.15, 0.2) is 42.5 Å². The molecule has 0 saturated carbocycles. The summed E-state index contributed by atoms with van der Waals surface area (Å²) in [6.45, 7) is 1.47. The summed E-state index contributed by atoms with van der Waals surface area (Å²) in [7, 11) is 1.47. The maximum atomic E-state index is 12.3. The molecule has 0 saturated heterocycles. The molecule has 142 valence electrons. The Balaban J connectivity index is 1.60. The first kappa shape index (κ1) is 18.8. The fourth-order valence-corrected chi connectivity index (χ4v) is 2.62. The van der Waals surface area contributed by atoms with Gasteiger partial charge in [-0.25, -0.2) is 4.79 Å². The van der Waals surface area contributed by atoms with Crippen LogP contribution in [0.2, 0.25) is 5.02 Å². The Morgan fingerprint density at radius 1 is 1.22 bits per heavy atom. The van der Waals surface area contributed by atoms with E-state index >= 15 is 0 Å². The number of esters is 1. The van der Waals surface area contributed by atoms with E-state index in [0.717, 1.165) is 0 Å². The number of amides is 1. The van der Waals surface area contributed by atoms with E-state index in [9.17, 15) is 9.59 Å². The molecule has 1 heterocycles. The lowest BCUT2D eigenvalue weighted by Crippen LogP contribution is -2.41. The van der Waals surface area contributed by atoms with Crippen molar-refractivity contribution < 1.29 is 28.5 Å². The van der Waals surface area contributed by atoms with Crippen molar-refractivity contribution in [2.45, 2.75) is 19.1 Å². The largest absolute Gasteiger partial charge is 0.495 e. The number of carbonyl (C=O) groups is 2. The molecular weight excluding hydrogens is 374 g/mol. The van der Waals surface area contributed by atoms with Crippen molar-refractivity contribution in [2.75, 3.05) is 19.0 Å². The molecule has 0 radical (unpaired) electrons. The third-order valence-electron chi connectivity index (χ3n) is 3.85. The number of para-hydroxylation sites is 2. The molecule has 8 heteroatoms. The minimum atomic E-state index is -1.05. The molecule has 1 aliphatic rings. The molecule has 0 aliphatic carbocycles. The maximum Gasteiger partial charge on any atom is 0.351 e. The van der Waals surface area contributed by atoms with Crippen LogP contribution >= 0.6 is 11.6 Å². The number of halogens is 1. The summed E-state index contributed by atoms with van der Waals surface area (Å²) in [4.78, 5) is 24.6. The molecule has 2 aromatic rings. The van der Waals surface area contributed by atoms with Crippen LogP contribution in [-0.2, 0) is 14.3 Å². The molecule has 0 aromatic heterocycles. The van der Waals surface area contributed by atoms with E-state index in [0.29, 0.717) is 28.0 Å². The molecule has 1 aliphatic heterocycles. The topological polar surface area (TPSA) is 83.1 Å². The molecule has 0 bridgehead atoms. The van der Waals surface area contributed by atoms with E-state index in [-0.39, 0.29) is 6.61 Å². The first-order valence-electron chi connectivity index (χ1n) is 8.21. The summed E-state index contributed by atoms with van der Waals surface area (Å²) in [6, 6.07) is 11.8. The number of fused-ring (bicyclic) bond motifs is 1. The Labute approximate surface area is 161 Å². The van der Waals surface area contributed by atoms with Gasteiger partial charge in [0.15, 0.2) is 17.6 Å². The molecule has 3 rings (SSSR count). The monoisotopic (exact) mass is 391 g/mol. The molecule has 0 spiro atoms.